The zero-order chi connectivity index (χ0) is 13.7. The highest BCUT2D eigenvalue weighted by molar-refractivity contribution is 7.91. The van der Waals surface area contributed by atoms with Crippen molar-refractivity contribution in [2.75, 3.05) is 7.05 Å². The molecule has 0 aliphatic heterocycles. The molecule has 0 amide bonds. The van der Waals surface area contributed by atoms with Crippen molar-refractivity contribution in [3.63, 3.8) is 0 Å². The summed E-state index contributed by atoms with van der Waals surface area (Å²) in [6.07, 6.45) is 1.64. The Kier molecular flexibility index (Phi) is 4.65. The van der Waals surface area contributed by atoms with E-state index in [4.69, 9.17) is 0 Å². The third kappa shape index (κ3) is 3.84. The average molecular weight is 297 g/mol. The van der Waals surface area contributed by atoms with Crippen molar-refractivity contribution in [3.8, 4) is 0 Å². The smallest absolute Gasteiger partial charge is 0.250 e. The van der Waals surface area contributed by atoms with E-state index in [-0.39, 0.29) is 6.54 Å². The van der Waals surface area contributed by atoms with Crippen LogP contribution in [-0.2, 0) is 23.1 Å². The summed E-state index contributed by atoms with van der Waals surface area (Å²) in [6, 6.07) is 7.08. The Morgan fingerprint density at radius 1 is 1.32 bits per heavy atom. The van der Waals surface area contributed by atoms with Gasteiger partial charge in [-0.1, -0.05) is 6.07 Å². The SMILES string of the molecule is CNCc1csc(S(=O)(=O)NCc2ccccn2)c1. The summed E-state index contributed by atoms with van der Waals surface area (Å²) in [7, 11) is -1.63. The van der Waals surface area contributed by atoms with Crippen molar-refractivity contribution >= 4 is 21.4 Å². The van der Waals surface area contributed by atoms with Crippen molar-refractivity contribution < 1.29 is 8.42 Å². The summed E-state index contributed by atoms with van der Waals surface area (Å²) < 4.78 is 27.0. The lowest BCUT2D eigenvalue weighted by Gasteiger charge is -2.03. The van der Waals surface area contributed by atoms with E-state index in [2.05, 4.69) is 15.0 Å². The van der Waals surface area contributed by atoms with Crippen molar-refractivity contribution in [2.24, 2.45) is 0 Å². The molecular weight excluding hydrogens is 282 g/mol. The lowest BCUT2D eigenvalue weighted by atomic mass is 10.3. The molecule has 0 aliphatic carbocycles. The standard InChI is InChI=1S/C12H15N3O2S2/c1-13-7-10-6-12(18-9-10)19(16,17)15-8-11-4-2-3-5-14-11/h2-6,9,13,15H,7-8H2,1H3. The van der Waals surface area contributed by atoms with Crippen LogP contribution < -0.4 is 10.0 Å². The maximum atomic E-state index is 12.1. The molecule has 0 saturated heterocycles. The zero-order valence-corrected chi connectivity index (χ0v) is 12.1. The largest absolute Gasteiger partial charge is 0.316 e. The Hall–Kier alpha value is -1.28. The molecule has 7 heteroatoms. The average Bonchev–Trinajstić information content (AvgIpc) is 2.88. The Morgan fingerprint density at radius 3 is 2.84 bits per heavy atom. The lowest BCUT2D eigenvalue weighted by Crippen LogP contribution is -2.22. The molecule has 0 radical (unpaired) electrons. The molecule has 19 heavy (non-hydrogen) atoms. The third-order valence-electron chi connectivity index (χ3n) is 2.44. The molecule has 0 aliphatic rings. The van der Waals surface area contributed by atoms with Crippen LogP contribution in [0.15, 0.2) is 40.1 Å². The number of nitrogens with zero attached hydrogens (tertiary/aromatic N) is 1. The fourth-order valence-electron chi connectivity index (χ4n) is 1.53. The normalized spacial score (nSPS) is 11.6. The summed E-state index contributed by atoms with van der Waals surface area (Å²) in [6.45, 7) is 0.856. The first-order valence-corrected chi connectivity index (χ1v) is 8.09. The number of hydrogen-bond donors (Lipinski definition) is 2. The van der Waals surface area contributed by atoms with E-state index in [1.54, 1.807) is 24.4 Å². The molecule has 0 saturated carbocycles. The predicted octanol–water partition coefficient (Wildman–Crippen LogP) is 1.34. The van der Waals surface area contributed by atoms with Gasteiger partial charge in [-0.15, -0.1) is 11.3 Å². The molecule has 2 aromatic rings. The molecule has 2 aromatic heterocycles. The first kappa shape index (κ1) is 14.1. The highest BCUT2D eigenvalue weighted by Crippen LogP contribution is 2.20. The van der Waals surface area contributed by atoms with Crippen LogP contribution in [0.5, 0.6) is 0 Å². The van der Waals surface area contributed by atoms with E-state index in [1.807, 2.05) is 18.5 Å². The summed E-state index contributed by atoms with van der Waals surface area (Å²) in [4.78, 5) is 4.08. The van der Waals surface area contributed by atoms with Gasteiger partial charge in [0.05, 0.1) is 12.2 Å². The molecule has 5 nitrogen and oxygen atoms in total. The number of sulfonamides is 1. The second kappa shape index (κ2) is 6.25. The second-order valence-electron chi connectivity index (χ2n) is 3.95. The highest BCUT2D eigenvalue weighted by Gasteiger charge is 2.16. The predicted molar refractivity (Wildman–Crippen MR) is 75.3 cm³/mol. The summed E-state index contributed by atoms with van der Waals surface area (Å²) in [5.41, 5.74) is 1.66. The van der Waals surface area contributed by atoms with Gasteiger partial charge in [0.2, 0.25) is 10.0 Å². The van der Waals surface area contributed by atoms with Crippen LogP contribution in [0.1, 0.15) is 11.3 Å². The quantitative estimate of drug-likeness (QED) is 0.844. The van der Waals surface area contributed by atoms with Crippen LogP contribution in [0, 0.1) is 0 Å². The van der Waals surface area contributed by atoms with Gasteiger partial charge in [0.1, 0.15) is 4.21 Å². The minimum absolute atomic E-state index is 0.197. The van der Waals surface area contributed by atoms with E-state index in [0.717, 1.165) is 5.56 Å². The van der Waals surface area contributed by atoms with Crippen LogP contribution in [0.3, 0.4) is 0 Å². The maximum absolute atomic E-state index is 12.1. The fraction of sp³-hybridized carbons (Fsp3) is 0.250. The van der Waals surface area contributed by atoms with E-state index >= 15 is 0 Å². The molecule has 0 fully saturated rings. The molecule has 0 atom stereocenters. The van der Waals surface area contributed by atoms with Crippen LogP contribution in [0.2, 0.25) is 0 Å². The molecule has 0 bridgehead atoms. The molecule has 102 valence electrons. The summed E-state index contributed by atoms with van der Waals surface area (Å²) in [5.74, 6) is 0. The van der Waals surface area contributed by atoms with Gasteiger partial charge >= 0.3 is 0 Å². The number of hydrogen-bond acceptors (Lipinski definition) is 5. The molecule has 0 spiro atoms. The van der Waals surface area contributed by atoms with E-state index in [0.29, 0.717) is 16.4 Å². The second-order valence-corrected chi connectivity index (χ2v) is 6.85. The van der Waals surface area contributed by atoms with Crippen molar-refractivity contribution in [2.45, 2.75) is 17.3 Å². The van der Waals surface area contributed by atoms with Gasteiger partial charge in [-0.2, -0.15) is 0 Å². The molecular formula is C12H15N3O2S2. The fourth-order valence-corrected chi connectivity index (χ4v) is 3.79. The van der Waals surface area contributed by atoms with Gasteiger partial charge in [0.25, 0.3) is 0 Å². The number of aromatic nitrogens is 1. The first-order chi connectivity index (χ1) is 9.12. The Morgan fingerprint density at radius 2 is 2.16 bits per heavy atom. The monoisotopic (exact) mass is 297 g/mol. The van der Waals surface area contributed by atoms with Crippen LogP contribution in [0.4, 0.5) is 0 Å². The zero-order valence-electron chi connectivity index (χ0n) is 10.5. The number of thiophene rings is 1. The van der Waals surface area contributed by atoms with Gasteiger partial charge in [-0.25, -0.2) is 13.1 Å². The topological polar surface area (TPSA) is 71.1 Å². The Labute approximate surface area is 116 Å². The lowest BCUT2D eigenvalue weighted by molar-refractivity contribution is 0.582. The minimum Gasteiger partial charge on any atom is -0.316 e. The van der Waals surface area contributed by atoms with E-state index in [9.17, 15) is 8.42 Å². The van der Waals surface area contributed by atoms with Gasteiger partial charge in [-0.05, 0) is 36.2 Å². The number of nitrogens with one attached hydrogen (secondary N) is 2. The first-order valence-electron chi connectivity index (χ1n) is 5.73. The van der Waals surface area contributed by atoms with Crippen molar-refractivity contribution in [3.05, 3.63) is 47.1 Å². The summed E-state index contributed by atoms with van der Waals surface area (Å²) in [5, 5.41) is 4.83. The van der Waals surface area contributed by atoms with Crippen LogP contribution >= 0.6 is 11.3 Å². The molecule has 2 heterocycles. The Bertz CT molecular complexity index is 623. The van der Waals surface area contributed by atoms with Gasteiger partial charge in [0.15, 0.2) is 0 Å². The van der Waals surface area contributed by atoms with Gasteiger partial charge in [0, 0.05) is 12.7 Å². The third-order valence-corrected chi connectivity index (χ3v) is 5.33. The summed E-state index contributed by atoms with van der Waals surface area (Å²) >= 11 is 1.22. The molecule has 2 rings (SSSR count). The van der Waals surface area contributed by atoms with Gasteiger partial charge < -0.3 is 5.32 Å². The number of rotatable bonds is 6. The Balaban J connectivity index is 2.05. The van der Waals surface area contributed by atoms with Crippen molar-refractivity contribution in [1.82, 2.24) is 15.0 Å². The number of pyridine rings is 1. The minimum atomic E-state index is -3.46. The van der Waals surface area contributed by atoms with E-state index in [1.165, 1.54) is 11.3 Å². The van der Waals surface area contributed by atoms with Crippen LogP contribution in [0.25, 0.3) is 0 Å². The van der Waals surface area contributed by atoms with Crippen molar-refractivity contribution in [1.29, 1.82) is 0 Å². The molecule has 0 aromatic carbocycles. The molecule has 0 unspecified atom stereocenters. The van der Waals surface area contributed by atoms with E-state index < -0.39 is 10.0 Å². The van der Waals surface area contributed by atoms with Crippen LogP contribution in [-0.4, -0.2) is 20.4 Å². The maximum Gasteiger partial charge on any atom is 0.250 e. The molecule has 2 N–H and O–H groups in total. The highest BCUT2D eigenvalue weighted by atomic mass is 32.2. The van der Waals surface area contributed by atoms with Gasteiger partial charge in [-0.3, -0.25) is 4.98 Å².